The van der Waals surface area contributed by atoms with Crippen LogP contribution in [0.15, 0.2) is 83.5 Å². The highest BCUT2D eigenvalue weighted by Crippen LogP contribution is 2.14. The lowest BCUT2D eigenvalue weighted by Gasteiger charge is -2.27. The Morgan fingerprint density at radius 3 is 1.71 bits per heavy atom. The van der Waals surface area contributed by atoms with Crippen LogP contribution in [0.2, 0.25) is 0 Å². The Hall–Kier alpha value is -4.40. The number of carbonyl (C=O) groups excluding carboxylic acids is 4. The standard InChI is InChI=1S/C32H39N3O6/c1-21(2)27(28(36)26-17-12-18-40-26)35-30(38)24(19-22-13-8-6-9-14-22)33-29(37)25(20-23-15-10-7-11-16-23)34-31(39)41-32(3,4)5/h6-18,21,24-25,27H,19-20H2,1-5H3,(H,33,37)(H,34,39)(H,35,38)/t24-,25-,27-/m0/s1. The van der Waals surface area contributed by atoms with Gasteiger partial charge in [-0.3, -0.25) is 14.4 Å². The number of hydrogen-bond donors (Lipinski definition) is 3. The van der Waals surface area contributed by atoms with Gasteiger partial charge in [-0.2, -0.15) is 0 Å². The number of benzene rings is 2. The maximum atomic E-state index is 13.7. The summed E-state index contributed by atoms with van der Waals surface area (Å²) in [6.45, 7) is 8.82. The van der Waals surface area contributed by atoms with Crippen molar-refractivity contribution in [1.29, 1.82) is 0 Å². The van der Waals surface area contributed by atoms with Crippen LogP contribution in [0.3, 0.4) is 0 Å². The zero-order valence-electron chi connectivity index (χ0n) is 24.2. The Labute approximate surface area is 241 Å². The van der Waals surface area contributed by atoms with Crippen molar-refractivity contribution < 1.29 is 28.3 Å². The van der Waals surface area contributed by atoms with Gasteiger partial charge in [-0.1, -0.05) is 74.5 Å². The molecule has 3 atom stereocenters. The predicted molar refractivity (Wildman–Crippen MR) is 155 cm³/mol. The molecule has 1 heterocycles. The van der Waals surface area contributed by atoms with E-state index in [1.54, 1.807) is 32.9 Å². The molecule has 0 unspecified atom stereocenters. The van der Waals surface area contributed by atoms with Crippen LogP contribution in [0.5, 0.6) is 0 Å². The van der Waals surface area contributed by atoms with Crippen LogP contribution < -0.4 is 16.0 Å². The van der Waals surface area contributed by atoms with Gasteiger partial charge in [-0.15, -0.1) is 0 Å². The number of rotatable bonds is 12. The lowest BCUT2D eigenvalue weighted by molar-refractivity contribution is -0.130. The van der Waals surface area contributed by atoms with E-state index >= 15 is 0 Å². The zero-order chi connectivity index (χ0) is 30.0. The van der Waals surface area contributed by atoms with Crippen molar-refractivity contribution in [3.8, 4) is 0 Å². The average Bonchev–Trinajstić information content (AvgIpc) is 3.45. The monoisotopic (exact) mass is 561 g/mol. The largest absolute Gasteiger partial charge is 0.461 e. The molecule has 2 aromatic carbocycles. The van der Waals surface area contributed by atoms with E-state index in [4.69, 9.17) is 9.15 Å². The SMILES string of the molecule is CC(C)[C@H](NC(=O)[C@H](Cc1ccccc1)NC(=O)[C@H](Cc1ccccc1)NC(=O)OC(C)(C)C)C(=O)c1ccco1. The Bertz CT molecular complexity index is 1280. The number of hydrogen-bond acceptors (Lipinski definition) is 6. The van der Waals surface area contributed by atoms with E-state index in [1.807, 2.05) is 74.5 Å². The van der Waals surface area contributed by atoms with Crippen molar-refractivity contribution in [2.45, 2.75) is 71.2 Å². The Kier molecular flexibility index (Phi) is 10.9. The Morgan fingerprint density at radius 2 is 1.24 bits per heavy atom. The van der Waals surface area contributed by atoms with E-state index in [-0.39, 0.29) is 30.3 Å². The highest BCUT2D eigenvalue weighted by atomic mass is 16.6. The maximum absolute atomic E-state index is 13.7. The first-order chi connectivity index (χ1) is 19.4. The fourth-order valence-corrected chi connectivity index (χ4v) is 4.20. The van der Waals surface area contributed by atoms with E-state index in [2.05, 4.69) is 16.0 Å². The van der Waals surface area contributed by atoms with Crippen molar-refractivity contribution in [3.63, 3.8) is 0 Å². The molecule has 3 amide bonds. The highest BCUT2D eigenvalue weighted by Gasteiger charge is 2.33. The first kappa shape index (κ1) is 31.1. The molecule has 9 heteroatoms. The quantitative estimate of drug-likeness (QED) is 0.280. The second kappa shape index (κ2) is 14.3. The summed E-state index contributed by atoms with van der Waals surface area (Å²) >= 11 is 0. The van der Waals surface area contributed by atoms with Gasteiger partial charge >= 0.3 is 6.09 Å². The number of amides is 3. The van der Waals surface area contributed by atoms with Gasteiger partial charge in [0.15, 0.2) is 5.76 Å². The van der Waals surface area contributed by atoms with Crippen molar-refractivity contribution >= 4 is 23.7 Å². The molecule has 3 N–H and O–H groups in total. The average molecular weight is 562 g/mol. The molecule has 3 aromatic rings. The molecule has 0 aliphatic rings. The third kappa shape index (κ3) is 9.94. The number of ether oxygens (including phenoxy) is 1. The second-order valence-electron chi connectivity index (χ2n) is 11.2. The molecule has 3 rings (SSSR count). The second-order valence-corrected chi connectivity index (χ2v) is 11.2. The number of nitrogens with one attached hydrogen (secondary N) is 3. The molecule has 0 aliphatic carbocycles. The number of furan rings is 1. The molecule has 0 spiro atoms. The zero-order valence-corrected chi connectivity index (χ0v) is 24.2. The summed E-state index contributed by atoms with van der Waals surface area (Å²) < 4.78 is 10.7. The normalized spacial score (nSPS) is 13.5. The van der Waals surface area contributed by atoms with Crippen molar-refractivity contribution in [2.24, 2.45) is 5.92 Å². The molecule has 0 aliphatic heterocycles. The summed E-state index contributed by atoms with van der Waals surface area (Å²) in [6, 6.07) is 18.7. The number of alkyl carbamates (subject to hydrolysis) is 1. The molecule has 1 aromatic heterocycles. The lowest BCUT2D eigenvalue weighted by atomic mass is 9.97. The van der Waals surface area contributed by atoms with Crippen LogP contribution in [0.4, 0.5) is 4.79 Å². The fraction of sp³-hybridized carbons (Fsp3) is 0.375. The summed E-state index contributed by atoms with van der Waals surface area (Å²) in [6.07, 6.45) is 0.997. The van der Waals surface area contributed by atoms with Crippen molar-refractivity contribution in [1.82, 2.24) is 16.0 Å². The topological polar surface area (TPSA) is 127 Å². The van der Waals surface area contributed by atoms with Crippen LogP contribution in [0.25, 0.3) is 0 Å². The van der Waals surface area contributed by atoms with Crippen LogP contribution in [-0.2, 0) is 27.2 Å². The van der Waals surface area contributed by atoms with Crippen LogP contribution in [-0.4, -0.2) is 47.4 Å². The summed E-state index contributed by atoms with van der Waals surface area (Å²) in [5.41, 5.74) is 0.864. The minimum atomic E-state index is -1.03. The van der Waals surface area contributed by atoms with E-state index in [0.29, 0.717) is 0 Å². The predicted octanol–water partition coefficient (Wildman–Crippen LogP) is 4.47. The van der Waals surface area contributed by atoms with E-state index in [1.165, 1.54) is 6.26 Å². The van der Waals surface area contributed by atoms with Gasteiger partial charge in [0.1, 0.15) is 17.7 Å². The minimum absolute atomic E-state index is 0.136. The van der Waals surface area contributed by atoms with Crippen molar-refractivity contribution in [2.75, 3.05) is 0 Å². The molecule has 0 radical (unpaired) electrons. The highest BCUT2D eigenvalue weighted by molar-refractivity contribution is 6.01. The summed E-state index contributed by atoms with van der Waals surface area (Å²) in [4.78, 5) is 53.0. The molecule has 0 fully saturated rings. The van der Waals surface area contributed by atoms with E-state index < -0.39 is 41.6 Å². The summed E-state index contributed by atoms with van der Waals surface area (Å²) in [5, 5.41) is 8.29. The molecule has 0 bridgehead atoms. The minimum Gasteiger partial charge on any atom is -0.461 e. The Balaban J connectivity index is 1.85. The molecule has 41 heavy (non-hydrogen) atoms. The first-order valence-electron chi connectivity index (χ1n) is 13.7. The number of carbonyl (C=O) groups is 4. The van der Waals surface area contributed by atoms with Gasteiger partial charge in [-0.05, 0) is 49.9 Å². The fourth-order valence-electron chi connectivity index (χ4n) is 4.20. The molecule has 9 nitrogen and oxygen atoms in total. The van der Waals surface area contributed by atoms with Crippen LogP contribution in [0, 0.1) is 5.92 Å². The molecule has 0 saturated carbocycles. The Morgan fingerprint density at radius 1 is 0.732 bits per heavy atom. The smallest absolute Gasteiger partial charge is 0.408 e. The van der Waals surface area contributed by atoms with Crippen molar-refractivity contribution in [3.05, 3.63) is 95.9 Å². The lowest BCUT2D eigenvalue weighted by Crippen LogP contribution is -2.57. The van der Waals surface area contributed by atoms with Crippen LogP contribution >= 0.6 is 0 Å². The van der Waals surface area contributed by atoms with Gasteiger partial charge in [0, 0.05) is 12.8 Å². The molecule has 218 valence electrons. The maximum Gasteiger partial charge on any atom is 0.408 e. The van der Waals surface area contributed by atoms with Gasteiger partial charge in [0.2, 0.25) is 17.6 Å². The van der Waals surface area contributed by atoms with Crippen LogP contribution in [0.1, 0.15) is 56.3 Å². The van der Waals surface area contributed by atoms with Gasteiger partial charge in [0.05, 0.1) is 12.3 Å². The van der Waals surface area contributed by atoms with E-state index in [9.17, 15) is 19.2 Å². The third-order valence-electron chi connectivity index (χ3n) is 6.22. The molecule has 0 saturated heterocycles. The van der Waals surface area contributed by atoms with Gasteiger partial charge < -0.3 is 25.1 Å². The third-order valence-corrected chi connectivity index (χ3v) is 6.22. The first-order valence-corrected chi connectivity index (χ1v) is 13.7. The molecular formula is C32H39N3O6. The summed E-state index contributed by atoms with van der Waals surface area (Å²) in [5.74, 6) is -1.57. The van der Waals surface area contributed by atoms with Gasteiger partial charge in [-0.25, -0.2) is 4.79 Å². The molecular weight excluding hydrogens is 522 g/mol. The summed E-state index contributed by atoms with van der Waals surface area (Å²) in [7, 11) is 0. The van der Waals surface area contributed by atoms with E-state index in [0.717, 1.165) is 11.1 Å². The van der Waals surface area contributed by atoms with Gasteiger partial charge in [0.25, 0.3) is 0 Å². The number of ketones is 1. The number of Topliss-reactive ketones (excluding diaryl/α,β-unsaturated/α-hetero) is 1.